The van der Waals surface area contributed by atoms with E-state index >= 15 is 0 Å². The first-order valence-electron chi connectivity index (χ1n) is 4.64. The summed E-state index contributed by atoms with van der Waals surface area (Å²) in [5, 5.41) is 28.4. The minimum absolute atomic E-state index is 0.125. The largest absolute Gasteiger partial charge is 0.388 e. The van der Waals surface area contributed by atoms with Gasteiger partial charge in [-0.15, -0.1) is 0 Å². The highest BCUT2D eigenvalue weighted by atomic mass is 16.5. The number of aliphatic hydroxyl groups excluding tert-OH is 3. The lowest BCUT2D eigenvalue weighted by molar-refractivity contribution is -0.226. The van der Waals surface area contributed by atoms with E-state index in [9.17, 15) is 15.3 Å². The van der Waals surface area contributed by atoms with Crippen molar-refractivity contribution in [2.45, 2.75) is 51.3 Å². The highest BCUT2D eigenvalue weighted by Gasteiger charge is 2.42. The van der Waals surface area contributed by atoms with Gasteiger partial charge in [-0.2, -0.15) is 0 Å². The van der Waals surface area contributed by atoms with Crippen LogP contribution in [0.3, 0.4) is 0 Å². The maximum absolute atomic E-state index is 9.56. The molecule has 4 heteroatoms. The lowest BCUT2D eigenvalue weighted by atomic mass is 9.90. The molecular weight excluding hydrogens is 172 g/mol. The molecule has 2 unspecified atom stereocenters. The van der Waals surface area contributed by atoms with E-state index in [4.69, 9.17) is 4.74 Å². The summed E-state index contributed by atoms with van der Waals surface area (Å²) < 4.78 is 5.38. The van der Waals surface area contributed by atoms with Crippen LogP contribution >= 0.6 is 0 Å². The predicted molar refractivity (Wildman–Crippen MR) is 47.2 cm³/mol. The molecule has 1 fully saturated rings. The SMILES string of the molecule is CC(C)[C@@H]1OC(C)[C@@H](O)[C@@H](O)C1O. The average molecular weight is 190 g/mol. The van der Waals surface area contributed by atoms with Gasteiger partial charge in [-0.05, 0) is 12.8 Å². The van der Waals surface area contributed by atoms with Crippen molar-refractivity contribution in [2.75, 3.05) is 0 Å². The van der Waals surface area contributed by atoms with Gasteiger partial charge in [-0.1, -0.05) is 13.8 Å². The molecule has 0 aromatic rings. The fraction of sp³-hybridized carbons (Fsp3) is 1.00. The average Bonchev–Trinajstić information content (AvgIpc) is 2.07. The standard InChI is InChI=1S/C9H18O4/c1-4(2)9-8(12)7(11)6(10)5(3)13-9/h4-12H,1-3H3/t5?,6-,7-,8?,9+/m1/s1. The van der Waals surface area contributed by atoms with E-state index in [1.165, 1.54) is 0 Å². The number of aliphatic hydroxyl groups is 3. The Labute approximate surface area is 78.1 Å². The lowest BCUT2D eigenvalue weighted by Crippen LogP contribution is -2.57. The maximum atomic E-state index is 9.56. The van der Waals surface area contributed by atoms with Crippen LogP contribution in [-0.2, 0) is 4.74 Å². The van der Waals surface area contributed by atoms with Crippen molar-refractivity contribution in [3.63, 3.8) is 0 Å². The van der Waals surface area contributed by atoms with E-state index in [-0.39, 0.29) is 5.92 Å². The highest BCUT2D eigenvalue weighted by Crippen LogP contribution is 2.25. The summed E-state index contributed by atoms with van der Waals surface area (Å²) in [4.78, 5) is 0. The third kappa shape index (κ3) is 2.02. The van der Waals surface area contributed by atoms with Crippen molar-refractivity contribution < 1.29 is 20.1 Å². The van der Waals surface area contributed by atoms with Crippen LogP contribution in [0.5, 0.6) is 0 Å². The monoisotopic (exact) mass is 190 g/mol. The molecule has 5 atom stereocenters. The molecule has 1 aliphatic rings. The molecule has 0 aromatic heterocycles. The summed E-state index contributed by atoms with van der Waals surface area (Å²) in [5.74, 6) is 0.125. The molecule has 3 N–H and O–H groups in total. The minimum atomic E-state index is -1.10. The van der Waals surface area contributed by atoms with Gasteiger partial charge in [0.05, 0.1) is 12.2 Å². The second-order valence-corrected chi connectivity index (χ2v) is 4.02. The Balaban J connectivity index is 2.70. The molecule has 0 saturated carbocycles. The van der Waals surface area contributed by atoms with Crippen LogP contribution in [0.2, 0.25) is 0 Å². The molecule has 1 heterocycles. The van der Waals surface area contributed by atoms with Gasteiger partial charge in [-0.25, -0.2) is 0 Å². The molecule has 0 amide bonds. The van der Waals surface area contributed by atoms with Gasteiger partial charge in [0.25, 0.3) is 0 Å². The van der Waals surface area contributed by atoms with Gasteiger partial charge in [-0.3, -0.25) is 0 Å². The molecule has 1 rings (SSSR count). The van der Waals surface area contributed by atoms with E-state index in [0.717, 1.165) is 0 Å². The van der Waals surface area contributed by atoms with Gasteiger partial charge in [0.15, 0.2) is 0 Å². The summed E-state index contributed by atoms with van der Waals surface area (Å²) in [6.07, 6.45) is -3.91. The molecule has 0 aliphatic carbocycles. The van der Waals surface area contributed by atoms with Crippen molar-refractivity contribution >= 4 is 0 Å². The normalized spacial score (nSPS) is 46.8. The van der Waals surface area contributed by atoms with Crippen molar-refractivity contribution in [3.05, 3.63) is 0 Å². The van der Waals surface area contributed by atoms with Gasteiger partial charge < -0.3 is 20.1 Å². The van der Waals surface area contributed by atoms with E-state index in [2.05, 4.69) is 0 Å². The Kier molecular flexibility index (Phi) is 3.29. The molecule has 0 spiro atoms. The zero-order chi connectivity index (χ0) is 10.2. The van der Waals surface area contributed by atoms with Crippen LogP contribution < -0.4 is 0 Å². The van der Waals surface area contributed by atoms with Crippen LogP contribution in [0.25, 0.3) is 0 Å². The fourth-order valence-electron chi connectivity index (χ4n) is 1.63. The molecule has 0 radical (unpaired) electrons. The van der Waals surface area contributed by atoms with Crippen LogP contribution in [-0.4, -0.2) is 45.8 Å². The lowest BCUT2D eigenvalue weighted by Gasteiger charge is -2.41. The summed E-state index contributed by atoms with van der Waals surface area (Å²) in [7, 11) is 0. The summed E-state index contributed by atoms with van der Waals surface area (Å²) in [6.45, 7) is 5.51. The maximum Gasteiger partial charge on any atom is 0.111 e. The Bertz CT molecular complexity index is 171. The summed E-state index contributed by atoms with van der Waals surface area (Å²) in [6, 6.07) is 0. The first kappa shape index (κ1) is 10.9. The van der Waals surface area contributed by atoms with Gasteiger partial charge in [0.1, 0.15) is 18.3 Å². The predicted octanol–water partition coefficient (Wildman–Crippen LogP) is -0.488. The van der Waals surface area contributed by atoms with Crippen LogP contribution in [0.15, 0.2) is 0 Å². The van der Waals surface area contributed by atoms with E-state index in [1.54, 1.807) is 6.92 Å². The Morgan fingerprint density at radius 2 is 1.54 bits per heavy atom. The zero-order valence-corrected chi connectivity index (χ0v) is 8.21. The summed E-state index contributed by atoms with van der Waals surface area (Å²) in [5.41, 5.74) is 0. The minimum Gasteiger partial charge on any atom is -0.388 e. The van der Waals surface area contributed by atoms with Gasteiger partial charge in [0.2, 0.25) is 0 Å². The topological polar surface area (TPSA) is 69.9 Å². The van der Waals surface area contributed by atoms with Crippen LogP contribution in [0, 0.1) is 5.92 Å². The number of rotatable bonds is 1. The van der Waals surface area contributed by atoms with Crippen LogP contribution in [0.1, 0.15) is 20.8 Å². The first-order chi connectivity index (χ1) is 5.95. The second kappa shape index (κ2) is 3.92. The van der Waals surface area contributed by atoms with Crippen molar-refractivity contribution in [2.24, 2.45) is 5.92 Å². The number of ether oxygens (including phenoxy) is 1. The van der Waals surface area contributed by atoms with Crippen molar-refractivity contribution in [1.29, 1.82) is 0 Å². The van der Waals surface area contributed by atoms with E-state index in [1.807, 2.05) is 13.8 Å². The molecule has 0 aromatic carbocycles. The van der Waals surface area contributed by atoms with Crippen LogP contribution in [0.4, 0.5) is 0 Å². The van der Waals surface area contributed by atoms with E-state index in [0.29, 0.717) is 0 Å². The third-order valence-electron chi connectivity index (χ3n) is 2.55. The Morgan fingerprint density at radius 3 is 2.00 bits per heavy atom. The number of hydrogen-bond donors (Lipinski definition) is 3. The molecule has 0 bridgehead atoms. The molecular formula is C9H18O4. The second-order valence-electron chi connectivity index (χ2n) is 4.02. The van der Waals surface area contributed by atoms with Gasteiger partial charge >= 0.3 is 0 Å². The van der Waals surface area contributed by atoms with Crippen molar-refractivity contribution in [1.82, 2.24) is 0 Å². The number of hydrogen-bond acceptors (Lipinski definition) is 4. The van der Waals surface area contributed by atoms with E-state index < -0.39 is 30.5 Å². The molecule has 13 heavy (non-hydrogen) atoms. The quantitative estimate of drug-likeness (QED) is 0.522. The first-order valence-corrected chi connectivity index (χ1v) is 4.64. The Morgan fingerprint density at radius 1 is 1.00 bits per heavy atom. The van der Waals surface area contributed by atoms with Crippen molar-refractivity contribution in [3.8, 4) is 0 Å². The highest BCUT2D eigenvalue weighted by molar-refractivity contribution is 4.91. The smallest absolute Gasteiger partial charge is 0.111 e. The van der Waals surface area contributed by atoms with Gasteiger partial charge in [0, 0.05) is 0 Å². The molecule has 4 nitrogen and oxygen atoms in total. The zero-order valence-electron chi connectivity index (χ0n) is 8.21. The fourth-order valence-corrected chi connectivity index (χ4v) is 1.63. The molecule has 78 valence electrons. The molecule has 1 aliphatic heterocycles. The summed E-state index contributed by atoms with van der Waals surface area (Å²) >= 11 is 0. The Hall–Kier alpha value is -0.160. The third-order valence-corrected chi connectivity index (χ3v) is 2.55. The molecule has 1 saturated heterocycles.